The van der Waals surface area contributed by atoms with Crippen molar-refractivity contribution in [2.45, 2.75) is 37.9 Å². The summed E-state index contributed by atoms with van der Waals surface area (Å²) in [4.78, 5) is 4.51. The van der Waals surface area contributed by atoms with E-state index in [-0.39, 0.29) is 34.9 Å². The van der Waals surface area contributed by atoms with Crippen LogP contribution in [-0.2, 0) is 23.1 Å². The van der Waals surface area contributed by atoms with Crippen molar-refractivity contribution in [1.29, 1.82) is 0 Å². The SMILES string of the molecule is CN=C(NCc1ccc(S(=O)(=O)N(C)C(C)C)cc1)NCc1ccccc1OC.I. The van der Waals surface area contributed by atoms with Gasteiger partial charge in [-0.05, 0) is 37.6 Å². The largest absolute Gasteiger partial charge is 0.496 e. The zero-order chi connectivity index (χ0) is 21.4. The van der Waals surface area contributed by atoms with E-state index in [1.165, 1.54) is 4.31 Å². The van der Waals surface area contributed by atoms with Gasteiger partial charge in [0.25, 0.3) is 0 Å². The van der Waals surface area contributed by atoms with Crippen molar-refractivity contribution in [3.05, 3.63) is 59.7 Å². The van der Waals surface area contributed by atoms with Crippen molar-refractivity contribution in [1.82, 2.24) is 14.9 Å². The van der Waals surface area contributed by atoms with Crippen molar-refractivity contribution in [3.63, 3.8) is 0 Å². The summed E-state index contributed by atoms with van der Waals surface area (Å²) in [5, 5.41) is 6.48. The predicted molar refractivity (Wildman–Crippen MR) is 132 cm³/mol. The summed E-state index contributed by atoms with van der Waals surface area (Å²) >= 11 is 0. The quantitative estimate of drug-likeness (QED) is 0.302. The summed E-state index contributed by atoms with van der Waals surface area (Å²) in [7, 11) is 1.47. The van der Waals surface area contributed by atoms with Crippen molar-refractivity contribution in [2.75, 3.05) is 21.2 Å². The van der Waals surface area contributed by atoms with Crippen LogP contribution in [0.2, 0.25) is 0 Å². The lowest BCUT2D eigenvalue weighted by Crippen LogP contribution is -2.36. The Morgan fingerprint density at radius 3 is 2.23 bits per heavy atom. The Morgan fingerprint density at radius 2 is 1.67 bits per heavy atom. The van der Waals surface area contributed by atoms with Crippen LogP contribution in [0.5, 0.6) is 5.75 Å². The number of methoxy groups -OCH3 is 1. The maximum Gasteiger partial charge on any atom is 0.243 e. The van der Waals surface area contributed by atoms with Crippen LogP contribution in [0.4, 0.5) is 0 Å². The zero-order valence-electron chi connectivity index (χ0n) is 18.0. The van der Waals surface area contributed by atoms with Crippen molar-refractivity contribution in [2.24, 2.45) is 4.99 Å². The average Bonchev–Trinajstić information content (AvgIpc) is 2.73. The molecule has 166 valence electrons. The Morgan fingerprint density at radius 1 is 1.07 bits per heavy atom. The van der Waals surface area contributed by atoms with Crippen LogP contribution in [0.25, 0.3) is 0 Å². The highest BCUT2D eigenvalue weighted by molar-refractivity contribution is 14.0. The number of hydrogen-bond donors (Lipinski definition) is 2. The third-order valence-electron chi connectivity index (χ3n) is 4.65. The van der Waals surface area contributed by atoms with Gasteiger partial charge < -0.3 is 15.4 Å². The Balaban J connectivity index is 0.00000450. The second kappa shape index (κ2) is 12.1. The molecule has 0 aliphatic carbocycles. The summed E-state index contributed by atoms with van der Waals surface area (Å²) in [6.07, 6.45) is 0. The maximum atomic E-state index is 12.5. The minimum absolute atomic E-state index is 0. The van der Waals surface area contributed by atoms with Crippen LogP contribution in [0, 0.1) is 0 Å². The molecule has 0 heterocycles. The summed E-state index contributed by atoms with van der Waals surface area (Å²) < 4.78 is 31.8. The molecule has 0 amide bonds. The van der Waals surface area contributed by atoms with E-state index in [9.17, 15) is 8.42 Å². The van der Waals surface area contributed by atoms with E-state index in [1.807, 2.05) is 50.2 Å². The molecule has 0 unspecified atom stereocenters. The van der Waals surface area contributed by atoms with Crippen molar-refractivity contribution in [3.8, 4) is 5.75 Å². The molecular formula is C21H31IN4O3S. The summed E-state index contributed by atoms with van der Waals surface area (Å²) in [6.45, 7) is 4.79. The summed E-state index contributed by atoms with van der Waals surface area (Å²) in [5.41, 5.74) is 1.98. The number of aliphatic imine (C=N–C) groups is 1. The molecule has 0 radical (unpaired) electrons. The fourth-order valence-electron chi connectivity index (χ4n) is 2.66. The third kappa shape index (κ3) is 6.85. The number of nitrogens with one attached hydrogen (secondary N) is 2. The van der Waals surface area contributed by atoms with Crippen LogP contribution in [0.3, 0.4) is 0 Å². The highest BCUT2D eigenvalue weighted by atomic mass is 127. The first-order valence-corrected chi connectivity index (χ1v) is 10.9. The average molecular weight is 546 g/mol. The first-order valence-electron chi connectivity index (χ1n) is 9.43. The Labute approximate surface area is 197 Å². The van der Waals surface area contributed by atoms with Gasteiger partial charge >= 0.3 is 0 Å². The predicted octanol–water partition coefficient (Wildman–Crippen LogP) is 3.21. The minimum atomic E-state index is -3.47. The van der Waals surface area contributed by atoms with E-state index in [1.54, 1.807) is 33.3 Å². The highest BCUT2D eigenvalue weighted by Crippen LogP contribution is 2.18. The molecule has 2 aromatic rings. The van der Waals surface area contributed by atoms with Crippen molar-refractivity contribution < 1.29 is 13.2 Å². The monoisotopic (exact) mass is 546 g/mol. The van der Waals surface area contributed by atoms with Gasteiger partial charge in [0.15, 0.2) is 5.96 Å². The molecule has 30 heavy (non-hydrogen) atoms. The Hall–Kier alpha value is -1.85. The van der Waals surface area contributed by atoms with Gasteiger partial charge in [0.05, 0.1) is 12.0 Å². The molecule has 2 aromatic carbocycles. The molecule has 2 N–H and O–H groups in total. The smallest absolute Gasteiger partial charge is 0.243 e. The second-order valence-corrected chi connectivity index (χ2v) is 8.85. The maximum absolute atomic E-state index is 12.5. The fraction of sp³-hybridized carbons (Fsp3) is 0.381. The molecule has 0 aliphatic heterocycles. The fourth-order valence-corrected chi connectivity index (χ4v) is 4.03. The van der Waals surface area contributed by atoms with Crippen LogP contribution >= 0.6 is 24.0 Å². The Kier molecular flexibility index (Phi) is 10.6. The molecule has 0 saturated carbocycles. The summed E-state index contributed by atoms with van der Waals surface area (Å²) in [5.74, 6) is 1.46. The minimum Gasteiger partial charge on any atom is -0.496 e. The lowest BCUT2D eigenvalue weighted by atomic mass is 10.2. The molecule has 7 nitrogen and oxygen atoms in total. The number of halogens is 1. The van der Waals surface area contributed by atoms with Gasteiger partial charge in [-0.2, -0.15) is 4.31 Å². The number of nitrogens with zero attached hydrogens (tertiary/aromatic N) is 2. The van der Waals surface area contributed by atoms with Gasteiger partial charge in [-0.25, -0.2) is 8.42 Å². The van der Waals surface area contributed by atoms with Crippen molar-refractivity contribution >= 4 is 40.0 Å². The molecule has 0 atom stereocenters. The molecule has 0 bridgehead atoms. The molecule has 9 heteroatoms. The van der Waals surface area contributed by atoms with Gasteiger partial charge in [0, 0.05) is 38.8 Å². The van der Waals surface area contributed by atoms with Crippen LogP contribution in [-0.4, -0.2) is 45.9 Å². The van der Waals surface area contributed by atoms with Gasteiger partial charge in [-0.3, -0.25) is 4.99 Å². The Bertz CT molecular complexity index is 932. The topological polar surface area (TPSA) is 83.0 Å². The lowest BCUT2D eigenvalue weighted by Gasteiger charge is -2.21. The normalized spacial score (nSPS) is 11.9. The number of hydrogen-bond acceptors (Lipinski definition) is 4. The number of rotatable bonds is 8. The number of para-hydroxylation sites is 1. The van der Waals surface area contributed by atoms with Gasteiger partial charge in [0.1, 0.15) is 5.75 Å². The third-order valence-corrected chi connectivity index (χ3v) is 6.70. The number of benzene rings is 2. The van der Waals surface area contributed by atoms with Gasteiger partial charge in [0.2, 0.25) is 10.0 Å². The van der Waals surface area contributed by atoms with E-state index in [0.717, 1.165) is 16.9 Å². The molecule has 0 fully saturated rings. The lowest BCUT2D eigenvalue weighted by molar-refractivity contribution is 0.409. The van der Waals surface area contributed by atoms with Crippen LogP contribution < -0.4 is 15.4 Å². The number of ether oxygens (including phenoxy) is 1. The van der Waals surface area contributed by atoms with E-state index in [0.29, 0.717) is 19.0 Å². The van der Waals surface area contributed by atoms with Crippen LogP contribution in [0.15, 0.2) is 58.4 Å². The summed E-state index contributed by atoms with van der Waals surface area (Å²) in [6, 6.07) is 14.6. The molecular weight excluding hydrogens is 515 g/mol. The molecule has 0 saturated heterocycles. The van der Waals surface area contributed by atoms with Crippen LogP contribution in [0.1, 0.15) is 25.0 Å². The van der Waals surface area contributed by atoms with E-state index < -0.39 is 10.0 Å². The number of guanidine groups is 1. The molecule has 0 spiro atoms. The highest BCUT2D eigenvalue weighted by Gasteiger charge is 2.22. The van der Waals surface area contributed by atoms with E-state index in [2.05, 4.69) is 15.6 Å². The zero-order valence-corrected chi connectivity index (χ0v) is 21.2. The first kappa shape index (κ1) is 26.2. The molecule has 0 aromatic heterocycles. The van der Waals surface area contributed by atoms with E-state index in [4.69, 9.17) is 4.74 Å². The van der Waals surface area contributed by atoms with Gasteiger partial charge in [-0.15, -0.1) is 24.0 Å². The standard InChI is InChI=1S/C21H30N4O3S.HI/c1-16(2)25(4)29(26,27)19-12-10-17(11-13-19)14-23-21(22-3)24-15-18-8-6-7-9-20(18)28-5;/h6-13,16H,14-15H2,1-5H3,(H2,22,23,24);1H. The molecule has 2 rings (SSSR count). The molecule has 0 aliphatic rings. The van der Waals surface area contributed by atoms with Gasteiger partial charge in [-0.1, -0.05) is 30.3 Å². The van der Waals surface area contributed by atoms with E-state index >= 15 is 0 Å². The number of sulfonamides is 1. The second-order valence-electron chi connectivity index (χ2n) is 6.85. The first-order chi connectivity index (χ1) is 13.8.